The average Bonchev–Trinajstić information content (AvgIpc) is 2.60. The molecule has 1 saturated carbocycles. The Morgan fingerprint density at radius 1 is 1.19 bits per heavy atom. The molecule has 2 amide bonds. The fraction of sp³-hybridized carbons (Fsp3) is 0.600. The van der Waals surface area contributed by atoms with E-state index in [1.165, 1.54) is 0 Å². The smallest absolute Gasteiger partial charge is 0.223 e. The van der Waals surface area contributed by atoms with Crippen LogP contribution in [0.3, 0.4) is 0 Å². The molecule has 3 N–H and O–H groups in total. The first-order valence-electron chi connectivity index (χ1n) is 9.63. The standard InChI is InChI=1S/C20H27ClN2O4/c21-16-7-2-1-4-14(16)11-22-19(25)10-15-8-9-17(18(12-24)27-15)23-20(26)13-5-3-6-13/h1-2,4,7,13,15,17-18,24H,3,5-6,8-12H2,(H,22,25)(H,23,26)/t15-,17-,18+/m0/s1. The summed E-state index contributed by atoms with van der Waals surface area (Å²) in [5.41, 5.74) is 0.865. The minimum Gasteiger partial charge on any atom is -0.394 e. The van der Waals surface area contributed by atoms with Crippen molar-refractivity contribution in [1.29, 1.82) is 0 Å². The summed E-state index contributed by atoms with van der Waals surface area (Å²) < 4.78 is 5.88. The molecule has 1 aromatic carbocycles. The molecule has 1 aromatic rings. The number of aliphatic hydroxyl groups is 1. The quantitative estimate of drug-likeness (QED) is 0.661. The van der Waals surface area contributed by atoms with Crippen molar-refractivity contribution in [3.05, 3.63) is 34.9 Å². The minimum atomic E-state index is -0.468. The third-order valence-electron chi connectivity index (χ3n) is 5.45. The fourth-order valence-electron chi connectivity index (χ4n) is 3.53. The summed E-state index contributed by atoms with van der Waals surface area (Å²) in [7, 11) is 0. The summed E-state index contributed by atoms with van der Waals surface area (Å²) >= 11 is 6.09. The first kappa shape index (κ1) is 20.1. The van der Waals surface area contributed by atoms with Gasteiger partial charge in [-0.1, -0.05) is 36.2 Å². The zero-order chi connectivity index (χ0) is 19.2. The molecular weight excluding hydrogens is 368 g/mol. The maximum Gasteiger partial charge on any atom is 0.223 e. The maximum absolute atomic E-state index is 12.2. The van der Waals surface area contributed by atoms with Gasteiger partial charge in [-0.2, -0.15) is 0 Å². The third kappa shape index (κ3) is 5.43. The van der Waals surface area contributed by atoms with E-state index in [0.29, 0.717) is 24.4 Å². The van der Waals surface area contributed by atoms with Crippen LogP contribution >= 0.6 is 11.6 Å². The fourth-order valence-corrected chi connectivity index (χ4v) is 3.74. The average molecular weight is 395 g/mol. The molecule has 3 atom stereocenters. The lowest BCUT2D eigenvalue weighted by molar-refractivity contribution is -0.138. The van der Waals surface area contributed by atoms with Crippen LogP contribution in [0.5, 0.6) is 0 Å². The predicted molar refractivity (Wildman–Crippen MR) is 102 cm³/mol. The number of carbonyl (C=O) groups is 2. The molecule has 0 bridgehead atoms. The van der Waals surface area contributed by atoms with Crippen molar-refractivity contribution in [2.75, 3.05) is 6.61 Å². The van der Waals surface area contributed by atoms with Crippen LogP contribution in [0, 0.1) is 5.92 Å². The summed E-state index contributed by atoms with van der Waals surface area (Å²) in [6.45, 7) is 0.197. The Morgan fingerprint density at radius 3 is 2.63 bits per heavy atom. The van der Waals surface area contributed by atoms with Gasteiger partial charge in [-0.25, -0.2) is 0 Å². The van der Waals surface area contributed by atoms with E-state index in [4.69, 9.17) is 16.3 Å². The molecule has 0 aromatic heterocycles. The number of benzene rings is 1. The SMILES string of the molecule is O=C(C[C@@H]1CC[C@H](NC(=O)C2CCC2)[C@@H](CO)O1)NCc1ccccc1Cl. The molecule has 2 aliphatic rings. The Balaban J connectivity index is 1.44. The second-order valence-corrected chi connectivity index (χ2v) is 7.78. The van der Waals surface area contributed by atoms with Crippen LogP contribution < -0.4 is 10.6 Å². The molecule has 1 aliphatic carbocycles. The van der Waals surface area contributed by atoms with Crippen molar-refractivity contribution >= 4 is 23.4 Å². The molecule has 27 heavy (non-hydrogen) atoms. The number of halogens is 1. The van der Waals surface area contributed by atoms with Gasteiger partial charge in [0.2, 0.25) is 11.8 Å². The van der Waals surface area contributed by atoms with E-state index in [0.717, 1.165) is 24.8 Å². The van der Waals surface area contributed by atoms with Gasteiger partial charge >= 0.3 is 0 Å². The van der Waals surface area contributed by atoms with E-state index in [1.807, 2.05) is 18.2 Å². The van der Waals surface area contributed by atoms with Crippen LogP contribution in [0.4, 0.5) is 0 Å². The Bertz CT molecular complexity index is 665. The van der Waals surface area contributed by atoms with Gasteiger partial charge in [-0.15, -0.1) is 0 Å². The highest BCUT2D eigenvalue weighted by Crippen LogP contribution is 2.28. The summed E-state index contributed by atoms with van der Waals surface area (Å²) in [6, 6.07) is 7.19. The molecule has 1 aliphatic heterocycles. The van der Waals surface area contributed by atoms with E-state index in [-0.39, 0.29) is 42.9 Å². The van der Waals surface area contributed by atoms with E-state index in [9.17, 15) is 14.7 Å². The number of hydrogen-bond acceptors (Lipinski definition) is 4. The first-order chi connectivity index (χ1) is 13.1. The second-order valence-electron chi connectivity index (χ2n) is 7.37. The van der Waals surface area contributed by atoms with Crippen molar-refractivity contribution in [1.82, 2.24) is 10.6 Å². The lowest BCUT2D eigenvalue weighted by Crippen LogP contribution is -2.53. The van der Waals surface area contributed by atoms with Crippen LogP contribution in [-0.4, -0.2) is 41.8 Å². The number of amides is 2. The minimum absolute atomic E-state index is 0.0595. The zero-order valence-electron chi connectivity index (χ0n) is 15.3. The largest absolute Gasteiger partial charge is 0.394 e. The normalized spacial score (nSPS) is 25.5. The Morgan fingerprint density at radius 2 is 1.96 bits per heavy atom. The van der Waals surface area contributed by atoms with Gasteiger partial charge in [0.05, 0.1) is 25.2 Å². The van der Waals surface area contributed by atoms with Gasteiger partial charge in [0, 0.05) is 17.5 Å². The second kappa shape index (κ2) is 9.53. The molecule has 0 radical (unpaired) electrons. The molecule has 7 heteroatoms. The lowest BCUT2D eigenvalue weighted by Gasteiger charge is -2.37. The highest BCUT2D eigenvalue weighted by molar-refractivity contribution is 6.31. The van der Waals surface area contributed by atoms with E-state index < -0.39 is 6.10 Å². The molecule has 148 valence electrons. The first-order valence-corrected chi connectivity index (χ1v) is 10.0. The zero-order valence-corrected chi connectivity index (χ0v) is 16.1. The molecule has 1 saturated heterocycles. The number of aliphatic hydroxyl groups excluding tert-OH is 1. The monoisotopic (exact) mass is 394 g/mol. The molecule has 2 fully saturated rings. The van der Waals surface area contributed by atoms with Crippen LogP contribution in [0.2, 0.25) is 5.02 Å². The highest BCUT2D eigenvalue weighted by atomic mass is 35.5. The van der Waals surface area contributed by atoms with Gasteiger partial charge in [0.1, 0.15) is 6.10 Å². The number of carbonyl (C=O) groups excluding carboxylic acids is 2. The van der Waals surface area contributed by atoms with Gasteiger partial charge < -0.3 is 20.5 Å². The lowest BCUT2D eigenvalue weighted by atomic mass is 9.84. The number of nitrogens with one attached hydrogen (secondary N) is 2. The van der Waals surface area contributed by atoms with Crippen LogP contribution in [-0.2, 0) is 20.9 Å². The summed E-state index contributed by atoms with van der Waals surface area (Å²) in [4.78, 5) is 24.4. The summed E-state index contributed by atoms with van der Waals surface area (Å²) in [5.74, 6) is 0.0513. The van der Waals surface area contributed by atoms with E-state index in [1.54, 1.807) is 6.07 Å². The van der Waals surface area contributed by atoms with Crippen LogP contribution in [0.25, 0.3) is 0 Å². The number of hydrogen-bond donors (Lipinski definition) is 3. The van der Waals surface area contributed by atoms with Crippen molar-refractivity contribution in [3.63, 3.8) is 0 Å². The van der Waals surface area contributed by atoms with Crippen molar-refractivity contribution in [2.24, 2.45) is 5.92 Å². The van der Waals surface area contributed by atoms with Gasteiger partial charge in [-0.3, -0.25) is 9.59 Å². The molecule has 0 unspecified atom stereocenters. The summed E-state index contributed by atoms with van der Waals surface area (Å²) in [6.07, 6.45) is 3.86. The molecule has 1 heterocycles. The maximum atomic E-state index is 12.2. The van der Waals surface area contributed by atoms with Crippen molar-refractivity contribution in [3.8, 4) is 0 Å². The van der Waals surface area contributed by atoms with Crippen LogP contribution in [0.1, 0.15) is 44.1 Å². The highest BCUT2D eigenvalue weighted by Gasteiger charge is 2.35. The summed E-state index contributed by atoms with van der Waals surface area (Å²) in [5, 5.41) is 16.1. The topological polar surface area (TPSA) is 87.7 Å². The number of rotatable bonds is 7. The Labute approximate surface area is 164 Å². The third-order valence-corrected chi connectivity index (χ3v) is 5.81. The predicted octanol–water partition coefficient (Wildman–Crippen LogP) is 2.17. The molecule has 3 rings (SSSR count). The Kier molecular flexibility index (Phi) is 7.10. The van der Waals surface area contributed by atoms with E-state index in [2.05, 4.69) is 10.6 Å². The molecular formula is C20H27ClN2O4. The molecule has 6 nitrogen and oxygen atoms in total. The Hall–Kier alpha value is -1.63. The number of ether oxygens (including phenoxy) is 1. The van der Waals surface area contributed by atoms with Gasteiger partial charge in [0.15, 0.2) is 0 Å². The van der Waals surface area contributed by atoms with Crippen molar-refractivity contribution in [2.45, 2.75) is 63.3 Å². The van der Waals surface area contributed by atoms with E-state index >= 15 is 0 Å². The van der Waals surface area contributed by atoms with Crippen LogP contribution in [0.15, 0.2) is 24.3 Å². The molecule has 0 spiro atoms. The van der Waals surface area contributed by atoms with Gasteiger partial charge in [-0.05, 0) is 37.3 Å². The van der Waals surface area contributed by atoms with Gasteiger partial charge in [0.25, 0.3) is 0 Å². The van der Waals surface area contributed by atoms with Crippen molar-refractivity contribution < 1.29 is 19.4 Å².